The fourth-order valence-corrected chi connectivity index (χ4v) is 1.96. The molecule has 0 aromatic heterocycles. The van der Waals surface area contributed by atoms with E-state index in [1.54, 1.807) is 6.07 Å². The molecule has 1 saturated heterocycles. The first-order valence-corrected chi connectivity index (χ1v) is 6.34. The highest BCUT2D eigenvalue weighted by atomic mass is 15.3. The van der Waals surface area contributed by atoms with Crippen molar-refractivity contribution in [1.82, 2.24) is 5.32 Å². The number of nitrogens with zero attached hydrogens (tertiary/aromatic N) is 3. The van der Waals surface area contributed by atoms with E-state index in [1.807, 2.05) is 24.3 Å². The largest absolute Gasteiger partial charge is 0.382 e. The summed E-state index contributed by atoms with van der Waals surface area (Å²) in [6.45, 7) is 3.87. The van der Waals surface area contributed by atoms with Gasteiger partial charge in [-0.3, -0.25) is 10.8 Å². The Morgan fingerprint density at radius 2 is 2.20 bits per heavy atom. The number of hydrazone groups is 1. The number of nitriles is 1. The Morgan fingerprint density at radius 3 is 2.85 bits per heavy atom. The Kier molecular flexibility index (Phi) is 4.52. The van der Waals surface area contributed by atoms with Gasteiger partial charge in [-0.05, 0) is 18.2 Å². The maximum atomic E-state index is 8.78. The van der Waals surface area contributed by atoms with E-state index < -0.39 is 0 Å². The molecule has 1 heterocycles. The summed E-state index contributed by atoms with van der Waals surface area (Å²) in [5, 5.41) is 23.1. The molecule has 0 spiro atoms. The molecule has 20 heavy (non-hydrogen) atoms. The smallest absolute Gasteiger partial charge is 0.201 e. The van der Waals surface area contributed by atoms with Crippen molar-refractivity contribution in [3.8, 4) is 6.07 Å². The van der Waals surface area contributed by atoms with Gasteiger partial charge in [0.2, 0.25) is 5.71 Å². The molecule has 1 aromatic rings. The monoisotopic (exact) mass is 271 g/mol. The number of rotatable bonds is 4. The number of benzene rings is 1. The van der Waals surface area contributed by atoms with Gasteiger partial charge >= 0.3 is 0 Å². The lowest BCUT2D eigenvalue weighted by molar-refractivity contribution is 0.589. The number of piperazine rings is 1. The van der Waals surface area contributed by atoms with Crippen LogP contribution in [0.15, 0.2) is 29.4 Å². The zero-order valence-electron chi connectivity index (χ0n) is 11.1. The summed E-state index contributed by atoms with van der Waals surface area (Å²) in [6, 6.07) is 9.55. The maximum absolute atomic E-state index is 8.78. The van der Waals surface area contributed by atoms with Gasteiger partial charge < -0.3 is 16.0 Å². The standard InChI is InChI=1S/C13H17N7/c14-9-12(13(15)16)19-18-10-2-1-3-11(8-10)20-6-4-17-5-7-20/h1-3,8,17-18H,4-7H2,(H3,15,16)/b19-12+. The lowest BCUT2D eigenvalue weighted by Crippen LogP contribution is -2.43. The van der Waals surface area contributed by atoms with E-state index in [0.29, 0.717) is 0 Å². The molecule has 0 saturated carbocycles. The minimum atomic E-state index is -0.349. The molecule has 1 fully saturated rings. The van der Waals surface area contributed by atoms with Crippen LogP contribution in [-0.4, -0.2) is 37.7 Å². The Labute approximate surface area is 117 Å². The van der Waals surface area contributed by atoms with Gasteiger partial charge in [0.1, 0.15) is 6.07 Å². The number of nitrogens with one attached hydrogen (secondary N) is 3. The number of hydrogen-bond donors (Lipinski definition) is 4. The highest BCUT2D eigenvalue weighted by Crippen LogP contribution is 2.19. The zero-order chi connectivity index (χ0) is 14.4. The van der Waals surface area contributed by atoms with Crippen LogP contribution in [-0.2, 0) is 0 Å². The van der Waals surface area contributed by atoms with E-state index in [0.717, 1.165) is 37.6 Å². The van der Waals surface area contributed by atoms with Crippen LogP contribution in [0.1, 0.15) is 0 Å². The Hall–Kier alpha value is -2.59. The van der Waals surface area contributed by atoms with Gasteiger partial charge in [-0.1, -0.05) is 6.07 Å². The van der Waals surface area contributed by atoms with E-state index in [-0.39, 0.29) is 11.5 Å². The molecule has 0 unspecified atom stereocenters. The van der Waals surface area contributed by atoms with E-state index in [9.17, 15) is 0 Å². The topological polar surface area (TPSA) is 113 Å². The zero-order valence-corrected chi connectivity index (χ0v) is 11.1. The first kappa shape index (κ1) is 13.8. The molecule has 104 valence electrons. The second-order valence-electron chi connectivity index (χ2n) is 4.39. The van der Waals surface area contributed by atoms with Crippen LogP contribution in [0, 0.1) is 16.7 Å². The molecule has 0 aliphatic carbocycles. The minimum Gasteiger partial charge on any atom is -0.382 e. The fraction of sp³-hybridized carbons (Fsp3) is 0.308. The Morgan fingerprint density at radius 1 is 1.45 bits per heavy atom. The van der Waals surface area contributed by atoms with Gasteiger partial charge in [-0.2, -0.15) is 10.4 Å². The second kappa shape index (κ2) is 6.54. The van der Waals surface area contributed by atoms with Crippen LogP contribution in [0.4, 0.5) is 11.4 Å². The molecule has 5 N–H and O–H groups in total. The highest BCUT2D eigenvalue weighted by Gasteiger charge is 2.10. The van der Waals surface area contributed by atoms with E-state index >= 15 is 0 Å². The Bertz CT molecular complexity index is 552. The van der Waals surface area contributed by atoms with E-state index in [4.69, 9.17) is 16.4 Å². The Balaban J connectivity index is 2.10. The van der Waals surface area contributed by atoms with Crippen molar-refractivity contribution in [2.45, 2.75) is 0 Å². The summed E-state index contributed by atoms with van der Waals surface area (Å²) in [5.41, 5.74) is 9.73. The van der Waals surface area contributed by atoms with Crippen molar-refractivity contribution >= 4 is 22.9 Å². The number of hydrogen-bond acceptors (Lipinski definition) is 6. The number of nitrogens with two attached hydrogens (primary N) is 1. The third-order valence-electron chi connectivity index (χ3n) is 2.99. The molecule has 0 atom stereocenters. The predicted octanol–water partition coefficient (Wildman–Crippen LogP) is 0.324. The quantitative estimate of drug-likeness (QED) is 0.358. The molecule has 1 aromatic carbocycles. The van der Waals surface area contributed by atoms with Crippen LogP contribution in [0.5, 0.6) is 0 Å². The average molecular weight is 271 g/mol. The summed E-state index contributed by atoms with van der Waals surface area (Å²) in [4.78, 5) is 2.28. The molecule has 1 aliphatic heterocycles. The van der Waals surface area contributed by atoms with Crippen molar-refractivity contribution in [2.24, 2.45) is 10.8 Å². The van der Waals surface area contributed by atoms with Crippen LogP contribution >= 0.6 is 0 Å². The molecule has 0 bridgehead atoms. The first-order chi connectivity index (χ1) is 9.70. The number of amidine groups is 1. The first-order valence-electron chi connectivity index (χ1n) is 6.34. The van der Waals surface area contributed by atoms with Crippen LogP contribution < -0.4 is 21.4 Å². The average Bonchev–Trinajstić information content (AvgIpc) is 2.49. The molecule has 0 radical (unpaired) electrons. The van der Waals surface area contributed by atoms with Crippen molar-refractivity contribution in [1.29, 1.82) is 10.7 Å². The van der Waals surface area contributed by atoms with Crippen LogP contribution in [0.3, 0.4) is 0 Å². The van der Waals surface area contributed by atoms with Crippen LogP contribution in [0.25, 0.3) is 0 Å². The van der Waals surface area contributed by atoms with E-state index in [1.165, 1.54) is 0 Å². The van der Waals surface area contributed by atoms with Crippen molar-refractivity contribution in [3.05, 3.63) is 24.3 Å². The number of anilines is 2. The normalized spacial score (nSPS) is 15.6. The molecule has 7 heteroatoms. The molecular formula is C13H17N7. The summed E-state index contributed by atoms with van der Waals surface area (Å²) in [7, 11) is 0. The lowest BCUT2D eigenvalue weighted by Gasteiger charge is -2.29. The van der Waals surface area contributed by atoms with E-state index in [2.05, 4.69) is 20.7 Å². The van der Waals surface area contributed by atoms with Crippen LogP contribution in [0.2, 0.25) is 0 Å². The molecular weight excluding hydrogens is 254 g/mol. The summed E-state index contributed by atoms with van der Waals surface area (Å²) in [6.07, 6.45) is 0. The highest BCUT2D eigenvalue weighted by molar-refractivity contribution is 6.45. The van der Waals surface area contributed by atoms with Gasteiger partial charge in [0.15, 0.2) is 5.84 Å². The minimum absolute atomic E-state index is 0.127. The second-order valence-corrected chi connectivity index (χ2v) is 4.39. The molecule has 0 amide bonds. The van der Waals surface area contributed by atoms with Crippen molar-refractivity contribution < 1.29 is 0 Å². The molecule has 2 rings (SSSR count). The molecule has 1 aliphatic rings. The molecule has 7 nitrogen and oxygen atoms in total. The fourth-order valence-electron chi connectivity index (χ4n) is 1.96. The summed E-state index contributed by atoms with van der Waals surface area (Å²) < 4.78 is 0. The SMILES string of the molecule is N#C/C(=N\Nc1cccc(N2CCNCC2)c1)C(=N)N. The lowest BCUT2D eigenvalue weighted by atomic mass is 10.2. The third kappa shape index (κ3) is 3.46. The van der Waals surface area contributed by atoms with Gasteiger partial charge in [0.25, 0.3) is 0 Å². The van der Waals surface area contributed by atoms with Gasteiger partial charge in [0, 0.05) is 31.9 Å². The van der Waals surface area contributed by atoms with Crippen molar-refractivity contribution in [3.63, 3.8) is 0 Å². The predicted molar refractivity (Wildman–Crippen MR) is 80.1 cm³/mol. The van der Waals surface area contributed by atoms with Gasteiger partial charge in [0.05, 0.1) is 5.69 Å². The summed E-state index contributed by atoms with van der Waals surface area (Å²) >= 11 is 0. The summed E-state index contributed by atoms with van der Waals surface area (Å²) in [5.74, 6) is -0.349. The van der Waals surface area contributed by atoms with Crippen molar-refractivity contribution in [2.75, 3.05) is 36.5 Å². The van der Waals surface area contributed by atoms with Gasteiger partial charge in [-0.25, -0.2) is 0 Å². The van der Waals surface area contributed by atoms with Gasteiger partial charge in [-0.15, -0.1) is 0 Å². The maximum Gasteiger partial charge on any atom is 0.201 e. The third-order valence-corrected chi connectivity index (χ3v) is 2.99.